The highest BCUT2D eigenvalue weighted by atomic mass is 28.3. The fourth-order valence-corrected chi connectivity index (χ4v) is 2.59. The molecule has 0 saturated carbocycles. The van der Waals surface area contributed by atoms with E-state index in [4.69, 9.17) is 14.9 Å². The van der Waals surface area contributed by atoms with Crippen molar-refractivity contribution in [1.29, 1.82) is 0 Å². The Hall–Kier alpha value is -1.82. The zero-order chi connectivity index (χ0) is 17.8. The topological polar surface area (TPSA) is 78.6 Å². The number of nitrogen functional groups attached to an aromatic ring is 1. The van der Waals surface area contributed by atoms with E-state index in [0.717, 1.165) is 5.56 Å². The van der Waals surface area contributed by atoms with E-state index in [2.05, 4.69) is 0 Å². The molecule has 1 aromatic rings. The van der Waals surface area contributed by atoms with Crippen LogP contribution in [0.15, 0.2) is 24.3 Å². The summed E-state index contributed by atoms with van der Waals surface area (Å²) in [6.45, 7) is 10.5. The maximum atomic E-state index is 12.7. The molecule has 1 rings (SSSR count). The first-order valence-corrected chi connectivity index (χ1v) is 9.96. The Balaban J connectivity index is 3.17. The minimum Gasteiger partial charge on any atom is -0.517 e. The molecule has 0 saturated heterocycles. The summed E-state index contributed by atoms with van der Waals surface area (Å²) in [6, 6.07) is 7.17. The fourth-order valence-electron chi connectivity index (χ4n) is 1.99. The number of esters is 1. The minimum absolute atomic E-state index is 0.141. The lowest BCUT2D eigenvalue weighted by molar-refractivity contribution is -0.174. The van der Waals surface area contributed by atoms with Gasteiger partial charge in [0.25, 0.3) is 9.04 Å². The van der Waals surface area contributed by atoms with Gasteiger partial charge in [0.2, 0.25) is 0 Å². The van der Waals surface area contributed by atoms with Crippen LogP contribution < -0.4 is 5.73 Å². The van der Waals surface area contributed by atoms with Crippen LogP contribution in [0, 0.1) is 5.41 Å². The number of carbonyl (C=O) groups excluding carboxylic acids is 2. The van der Waals surface area contributed by atoms with Crippen LogP contribution in [0.2, 0.25) is 13.1 Å². The quantitative estimate of drug-likeness (QED) is 0.387. The van der Waals surface area contributed by atoms with Crippen molar-refractivity contribution in [2.75, 3.05) is 5.73 Å². The van der Waals surface area contributed by atoms with Gasteiger partial charge in [0, 0.05) is 12.1 Å². The SMILES string of the molecule is C[Si](C)OC(=O)C(C)(Cc1ccccc1N)C(=O)OC(C)(C)C. The van der Waals surface area contributed by atoms with Crippen LogP contribution in [0.4, 0.5) is 5.69 Å². The Kier molecular flexibility index (Phi) is 5.99. The summed E-state index contributed by atoms with van der Waals surface area (Å²) in [5.41, 5.74) is 5.10. The van der Waals surface area contributed by atoms with Gasteiger partial charge in [0.15, 0.2) is 5.41 Å². The number of hydrogen-bond acceptors (Lipinski definition) is 5. The Morgan fingerprint density at radius 2 is 1.65 bits per heavy atom. The Morgan fingerprint density at radius 3 is 2.13 bits per heavy atom. The highest BCUT2D eigenvalue weighted by molar-refractivity contribution is 6.50. The molecule has 1 aromatic carbocycles. The van der Waals surface area contributed by atoms with Crippen LogP contribution in [0.25, 0.3) is 0 Å². The van der Waals surface area contributed by atoms with Crippen LogP contribution in [0.1, 0.15) is 33.3 Å². The number of rotatable bonds is 5. The minimum atomic E-state index is -1.43. The van der Waals surface area contributed by atoms with Gasteiger partial charge >= 0.3 is 11.9 Å². The average Bonchev–Trinajstić information content (AvgIpc) is 2.38. The lowest BCUT2D eigenvalue weighted by atomic mass is 9.83. The van der Waals surface area contributed by atoms with Gasteiger partial charge < -0.3 is 14.9 Å². The van der Waals surface area contributed by atoms with Crippen LogP contribution in [-0.2, 0) is 25.2 Å². The molecule has 0 aliphatic carbocycles. The summed E-state index contributed by atoms with van der Waals surface area (Å²) in [7, 11) is -1.28. The maximum Gasteiger partial charge on any atom is 0.324 e. The average molecular weight is 336 g/mol. The number of carbonyl (C=O) groups is 2. The molecule has 0 aliphatic rings. The zero-order valence-electron chi connectivity index (χ0n) is 14.7. The number of anilines is 1. The fraction of sp³-hybridized carbons (Fsp3) is 0.529. The van der Waals surface area contributed by atoms with Gasteiger partial charge in [-0.3, -0.25) is 9.59 Å². The van der Waals surface area contributed by atoms with Gasteiger partial charge in [-0.15, -0.1) is 0 Å². The number of ether oxygens (including phenoxy) is 1. The van der Waals surface area contributed by atoms with Gasteiger partial charge in [-0.2, -0.15) is 0 Å². The van der Waals surface area contributed by atoms with Gasteiger partial charge in [-0.1, -0.05) is 18.2 Å². The van der Waals surface area contributed by atoms with E-state index < -0.39 is 32.0 Å². The third-order valence-corrected chi connectivity index (χ3v) is 3.79. The summed E-state index contributed by atoms with van der Waals surface area (Å²) in [4.78, 5) is 25.2. The van der Waals surface area contributed by atoms with E-state index in [-0.39, 0.29) is 6.42 Å². The lowest BCUT2D eigenvalue weighted by Gasteiger charge is -2.30. The Morgan fingerprint density at radius 1 is 1.09 bits per heavy atom. The molecule has 1 unspecified atom stereocenters. The summed E-state index contributed by atoms with van der Waals surface area (Å²) in [6.07, 6.45) is 0.141. The predicted octanol–water partition coefficient (Wildman–Crippen LogP) is 2.95. The number of benzene rings is 1. The lowest BCUT2D eigenvalue weighted by Crippen LogP contribution is -2.45. The van der Waals surface area contributed by atoms with Gasteiger partial charge in [-0.25, -0.2) is 0 Å². The summed E-state index contributed by atoms with van der Waals surface area (Å²) < 4.78 is 10.8. The summed E-state index contributed by atoms with van der Waals surface area (Å²) in [5.74, 6) is -1.16. The molecule has 0 aromatic heterocycles. The molecule has 1 radical (unpaired) electrons. The van der Waals surface area contributed by atoms with Crippen molar-refractivity contribution in [2.24, 2.45) is 5.41 Å². The first-order chi connectivity index (χ1) is 10.5. The number of para-hydroxylation sites is 1. The maximum absolute atomic E-state index is 12.7. The van der Waals surface area contributed by atoms with E-state index in [1.54, 1.807) is 45.9 Å². The highest BCUT2D eigenvalue weighted by Gasteiger charge is 2.46. The smallest absolute Gasteiger partial charge is 0.324 e. The Bertz CT molecular complexity index is 580. The van der Waals surface area contributed by atoms with E-state index in [1.165, 1.54) is 0 Å². The van der Waals surface area contributed by atoms with Crippen molar-refractivity contribution in [2.45, 2.75) is 52.8 Å². The number of hydrogen-bond donors (Lipinski definition) is 1. The molecule has 0 aliphatic heterocycles. The third-order valence-electron chi connectivity index (χ3n) is 3.20. The summed E-state index contributed by atoms with van der Waals surface area (Å²) >= 11 is 0. The molecule has 2 N–H and O–H groups in total. The zero-order valence-corrected chi connectivity index (χ0v) is 15.7. The molecule has 0 spiro atoms. The van der Waals surface area contributed by atoms with Gasteiger partial charge in [0.05, 0.1) is 0 Å². The second-order valence-electron chi connectivity index (χ2n) is 7.01. The van der Waals surface area contributed by atoms with Crippen molar-refractivity contribution in [3.8, 4) is 0 Å². The number of nitrogens with two attached hydrogens (primary N) is 1. The van der Waals surface area contributed by atoms with Crippen LogP contribution >= 0.6 is 0 Å². The van der Waals surface area contributed by atoms with Crippen LogP contribution in [0.5, 0.6) is 0 Å². The van der Waals surface area contributed by atoms with E-state index in [1.807, 2.05) is 19.2 Å². The van der Waals surface area contributed by atoms with E-state index in [0.29, 0.717) is 5.69 Å². The molecule has 0 bridgehead atoms. The molecule has 127 valence electrons. The van der Waals surface area contributed by atoms with Gasteiger partial charge in [0.1, 0.15) is 5.60 Å². The molecule has 1 atom stereocenters. The second kappa shape index (κ2) is 7.17. The molecule has 0 heterocycles. The molecule has 5 nitrogen and oxygen atoms in total. The highest BCUT2D eigenvalue weighted by Crippen LogP contribution is 2.30. The Labute approximate surface area is 139 Å². The first kappa shape index (κ1) is 19.2. The molecular formula is C17H26NO4Si. The monoisotopic (exact) mass is 336 g/mol. The standard InChI is InChI=1S/C17H26NO4Si/c1-16(2,3)21-14(19)17(4,15(20)22-23(5)6)11-12-9-7-8-10-13(12)18/h7-10H,11,18H2,1-6H3. The van der Waals surface area contributed by atoms with Crippen molar-refractivity contribution in [3.05, 3.63) is 29.8 Å². The molecule has 0 fully saturated rings. The molecular weight excluding hydrogens is 310 g/mol. The normalized spacial score (nSPS) is 14.2. The molecule has 23 heavy (non-hydrogen) atoms. The first-order valence-electron chi connectivity index (χ1n) is 7.55. The van der Waals surface area contributed by atoms with Crippen molar-refractivity contribution in [1.82, 2.24) is 0 Å². The van der Waals surface area contributed by atoms with Gasteiger partial charge in [-0.05, 0) is 52.4 Å². The largest absolute Gasteiger partial charge is 0.517 e. The second-order valence-corrected chi connectivity index (χ2v) is 9.03. The van der Waals surface area contributed by atoms with Crippen molar-refractivity contribution < 1.29 is 18.8 Å². The van der Waals surface area contributed by atoms with Crippen LogP contribution in [0.3, 0.4) is 0 Å². The molecule has 6 heteroatoms. The third kappa shape index (κ3) is 5.39. The van der Waals surface area contributed by atoms with E-state index >= 15 is 0 Å². The van der Waals surface area contributed by atoms with Crippen molar-refractivity contribution >= 4 is 26.7 Å². The summed E-state index contributed by atoms with van der Waals surface area (Å²) in [5, 5.41) is 0. The van der Waals surface area contributed by atoms with Crippen LogP contribution in [-0.4, -0.2) is 26.6 Å². The van der Waals surface area contributed by atoms with Crippen molar-refractivity contribution in [3.63, 3.8) is 0 Å². The van der Waals surface area contributed by atoms with E-state index in [9.17, 15) is 9.59 Å². The molecule has 0 amide bonds. The predicted molar refractivity (Wildman–Crippen MR) is 92.1 cm³/mol.